The molecule has 4 atom stereocenters. The summed E-state index contributed by atoms with van der Waals surface area (Å²) < 4.78 is 9.57. The number of aliphatic hydroxyl groups is 4. The summed E-state index contributed by atoms with van der Waals surface area (Å²) in [4.78, 5) is 11.8. The molecule has 1 aliphatic heterocycles. The van der Waals surface area contributed by atoms with E-state index in [1.807, 2.05) is 0 Å². The molecular formula is C13H16O10. The molecule has 1 fully saturated rings. The van der Waals surface area contributed by atoms with Crippen LogP contribution in [-0.4, -0.2) is 79.0 Å². The Morgan fingerprint density at radius 1 is 1.22 bits per heavy atom. The van der Waals surface area contributed by atoms with Crippen molar-refractivity contribution in [2.45, 2.75) is 24.1 Å². The number of esters is 1. The largest absolute Gasteiger partial charge is 0.504 e. The monoisotopic (exact) mass is 332 g/mol. The third-order valence-electron chi connectivity index (χ3n) is 3.42. The lowest BCUT2D eigenvalue weighted by molar-refractivity contribution is -0.247. The van der Waals surface area contributed by atoms with Crippen LogP contribution in [0, 0.1) is 0 Å². The second-order valence-corrected chi connectivity index (χ2v) is 5.06. The summed E-state index contributed by atoms with van der Waals surface area (Å²) in [7, 11) is 0. The molecule has 0 spiro atoms. The lowest BCUT2D eigenvalue weighted by Gasteiger charge is -2.25. The highest BCUT2D eigenvalue weighted by Crippen LogP contribution is 2.36. The molecule has 1 heterocycles. The van der Waals surface area contributed by atoms with Crippen LogP contribution in [0.1, 0.15) is 10.4 Å². The number of phenolic OH excluding ortho intramolecular Hbond substituents is 3. The molecule has 128 valence electrons. The molecule has 23 heavy (non-hydrogen) atoms. The van der Waals surface area contributed by atoms with E-state index in [1.54, 1.807) is 0 Å². The number of phenols is 3. The second-order valence-electron chi connectivity index (χ2n) is 5.06. The SMILES string of the molecule is O=C(OC[C@@]1(O)O[C@H](CO)[C@@H](O)[C@@H]1O)c1cc(O)c(O)c(O)c1. The zero-order valence-corrected chi connectivity index (χ0v) is 11.7. The van der Waals surface area contributed by atoms with E-state index in [2.05, 4.69) is 0 Å². The Hall–Kier alpha value is -2.11. The standard InChI is InChI=1S/C13H16O10/c14-3-8-10(18)11(19)13(21,23-8)4-22-12(20)5-1-6(15)9(17)7(16)2-5/h1-2,8,10-11,14-19,21H,3-4H2/t8-,10-,11+,13-/m1/s1. The van der Waals surface area contributed by atoms with E-state index in [1.165, 1.54) is 0 Å². The first-order valence-corrected chi connectivity index (χ1v) is 6.49. The Labute approximate surface area is 129 Å². The van der Waals surface area contributed by atoms with E-state index < -0.39 is 60.5 Å². The van der Waals surface area contributed by atoms with Crippen LogP contribution in [0.4, 0.5) is 0 Å². The third kappa shape index (κ3) is 3.16. The molecule has 0 radical (unpaired) electrons. The Bertz CT molecular complexity index is 579. The van der Waals surface area contributed by atoms with Gasteiger partial charge in [0.25, 0.3) is 0 Å². The van der Waals surface area contributed by atoms with Crippen molar-refractivity contribution in [1.29, 1.82) is 0 Å². The minimum absolute atomic E-state index is 0.340. The lowest BCUT2D eigenvalue weighted by atomic mass is 10.1. The molecule has 0 bridgehead atoms. The van der Waals surface area contributed by atoms with Gasteiger partial charge in [0.05, 0.1) is 12.2 Å². The van der Waals surface area contributed by atoms with Gasteiger partial charge in [-0.1, -0.05) is 0 Å². The van der Waals surface area contributed by atoms with Crippen molar-refractivity contribution in [2.24, 2.45) is 0 Å². The molecule has 0 amide bonds. The average molecular weight is 332 g/mol. The predicted octanol–water partition coefficient (Wildman–Crippen LogP) is -2.24. The van der Waals surface area contributed by atoms with Gasteiger partial charge < -0.3 is 45.2 Å². The van der Waals surface area contributed by atoms with Crippen molar-refractivity contribution in [3.63, 3.8) is 0 Å². The average Bonchev–Trinajstić information content (AvgIpc) is 2.74. The number of rotatable bonds is 4. The van der Waals surface area contributed by atoms with Crippen molar-refractivity contribution >= 4 is 5.97 Å². The highest BCUT2D eigenvalue weighted by atomic mass is 16.7. The first-order valence-electron chi connectivity index (χ1n) is 6.49. The van der Waals surface area contributed by atoms with Gasteiger partial charge in [0.15, 0.2) is 17.2 Å². The van der Waals surface area contributed by atoms with Gasteiger partial charge >= 0.3 is 5.97 Å². The van der Waals surface area contributed by atoms with Crippen LogP contribution in [0.15, 0.2) is 12.1 Å². The molecule has 1 aromatic rings. The summed E-state index contributed by atoms with van der Waals surface area (Å²) in [6, 6.07) is 1.64. The molecular weight excluding hydrogens is 316 g/mol. The van der Waals surface area contributed by atoms with E-state index in [4.69, 9.17) is 14.6 Å². The maximum absolute atomic E-state index is 11.8. The second kappa shape index (κ2) is 6.18. The quantitative estimate of drug-likeness (QED) is 0.235. The molecule has 0 unspecified atom stereocenters. The summed E-state index contributed by atoms with van der Waals surface area (Å²) in [6.45, 7) is -1.56. The fourth-order valence-electron chi connectivity index (χ4n) is 2.11. The topological polar surface area (TPSA) is 177 Å². The van der Waals surface area contributed by atoms with Gasteiger partial charge in [0, 0.05) is 0 Å². The highest BCUT2D eigenvalue weighted by molar-refractivity contribution is 5.91. The van der Waals surface area contributed by atoms with Crippen LogP contribution in [0.25, 0.3) is 0 Å². The zero-order valence-electron chi connectivity index (χ0n) is 11.7. The van der Waals surface area contributed by atoms with Gasteiger partial charge in [-0.25, -0.2) is 4.79 Å². The van der Waals surface area contributed by atoms with E-state index in [9.17, 15) is 35.4 Å². The van der Waals surface area contributed by atoms with Crippen LogP contribution in [0.3, 0.4) is 0 Å². The van der Waals surface area contributed by atoms with E-state index >= 15 is 0 Å². The molecule has 10 heteroatoms. The number of carbonyl (C=O) groups is 1. The smallest absolute Gasteiger partial charge is 0.338 e. The van der Waals surface area contributed by atoms with Crippen LogP contribution in [-0.2, 0) is 9.47 Å². The Morgan fingerprint density at radius 2 is 1.78 bits per heavy atom. The number of benzene rings is 1. The van der Waals surface area contributed by atoms with Crippen molar-refractivity contribution in [1.82, 2.24) is 0 Å². The van der Waals surface area contributed by atoms with Gasteiger partial charge in [-0.3, -0.25) is 0 Å². The van der Waals surface area contributed by atoms with Crippen molar-refractivity contribution in [3.8, 4) is 17.2 Å². The fourth-order valence-corrected chi connectivity index (χ4v) is 2.11. The van der Waals surface area contributed by atoms with E-state index in [-0.39, 0.29) is 5.56 Å². The maximum Gasteiger partial charge on any atom is 0.338 e. The van der Waals surface area contributed by atoms with Crippen molar-refractivity contribution in [3.05, 3.63) is 17.7 Å². The first kappa shape index (κ1) is 17.2. The summed E-state index contributed by atoms with van der Waals surface area (Å²) in [6.07, 6.45) is -4.66. The molecule has 7 N–H and O–H groups in total. The number of hydrogen-bond donors (Lipinski definition) is 7. The predicted molar refractivity (Wildman–Crippen MR) is 70.6 cm³/mol. The third-order valence-corrected chi connectivity index (χ3v) is 3.42. The Kier molecular flexibility index (Phi) is 4.63. The van der Waals surface area contributed by atoms with Crippen molar-refractivity contribution < 1.29 is 50.0 Å². The molecule has 2 rings (SSSR count). The number of carbonyl (C=O) groups excluding carboxylic acids is 1. The number of hydrogen-bond acceptors (Lipinski definition) is 10. The van der Waals surface area contributed by atoms with Crippen LogP contribution >= 0.6 is 0 Å². The number of ether oxygens (including phenoxy) is 2. The van der Waals surface area contributed by atoms with E-state index in [0.717, 1.165) is 12.1 Å². The van der Waals surface area contributed by atoms with Gasteiger partial charge in [-0.15, -0.1) is 0 Å². The maximum atomic E-state index is 11.8. The molecule has 1 saturated heterocycles. The first-order chi connectivity index (χ1) is 10.7. The Balaban J connectivity index is 2.07. The molecule has 1 aliphatic rings. The number of aliphatic hydroxyl groups excluding tert-OH is 3. The normalized spacial score (nSPS) is 30.3. The minimum atomic E-state index is -2.43. The molecule has 1 aromatic carbocycles. The Morgan fingerprint density at radius 3 is 2.26 bits per heavy atom. The number of aromatic hydroxyl groups is 3. The van der Waals surface area contributed by atoms with Crippen LogP contribution in [0.2, 0.25) is 0 Å². The van der Waals surface area contributed by atoms with Crippen LogP contribution in [0.5, 0.6) is 17.2 Å². The lowest BCUT2D eigenvalue weighted by Crippen LogP contribution is -2.47. The molecule has 10 nitrogen and oxygen atoms in total. The zero-order chi connectivity index (χ0) is 17.4. The molecule has 0 saturated carbocycles. The van der Waals surface area contributed by atoms with Gasteiger partial charge in [0.2, 0.25) is 5.79 Å². The highest BCUT2D eigenvalue weighted by Gasteiger charge is 2.54. The summed E-state index contributed by atoms with van der Waals surface area (Å²) in [5, 5.41) is 66.0. The summed E-state index contributed by atoms with van der Waals surface area (Å²) in [5.41, 5.74) is -0.340. The van der Waals surface area contributed by atoms with Gasteiger partial charge in [-0.05, 0) is 12.1 Å². The molecule has 0 aromatic heterocycles. The summed E-state index contributed by atoms with van der Waals surface area (Å²) in [5.74, 6) is -5.87. The minimum Gasteiger partial charge on any atom is -0.504 e. The molecule has 0 aliphatic carbocycles. The summed E-state index contributed by atoms with van der Waals surface area (Å²) >= 11 is 0. The van der Waals surface area contributed by atoms with Gasteiger partial charge in [-0.2, -0.15) is 0 Å². The van der Waals surface area contributed by atoms with Gasteiger partial charge in [0.1, 0.15) is 24.9 Å². The fraction of sp³-hybridized carbons (Fsp3) is 0.462. The van der Waals surface area contributed by atoms with Crippen molar-refractivity contribution in [2.75, 3.05) is 13.2 Å². The van der Waals surface area contributed by atoms with Crippen LogP contribution < -0.4 is 0 Å². The van der Waals surface area contributed by atoms with E-state index in [0.29, 0.717) is 0 Å².